The molecule has 0 radical (unpaired) electrons. The van der Waals surface area contributed by atoms with Crippen molar-refractivity contribution < 1.29 is 9.31 Å². The van der Waals surface area contributed by atoms with Crippen molar-refractivity contribution in [3.63, 3.8) is 0 Å². The number of rotatable bonds is 6. The molecular formula is C19H16ClFN4O3. The Morgan fingerprint density at radius 3 is 2.43 bits per heavy atom. The zero-order valence-corrected chi connectivity index (χ0v) is 15.6. The Hall–Kier alpha value is -3.26. The first-order valence-electron chi connectivity index (χ1n) is 8.35. The number of non-ortho nitro benzene ring substituents is 1. The lowest BCUT2D eigenvalue weighted by atomic mass is 10.1. The van der Waals surface area contributed by atoms with Gasteiger partial charge in [-0.3, -0.25) is 14.9 Å². The first-order chi connectivity index (χ1) is 13.4. The molecule has 7 nitrogen and oxygen atoms in total. The van der Waals surface area contributed by atoms with Gasteiger partial charge >= 0.3 is 0 Å². The number of halogens is 2. The molecule has 0 aliphatic rings. The van der Waals surface area contributed by atoms with Crippen LogP contribution in [0.2, 0.25) is 5.02 Å². The van der Waals surface area contributed by atoms with Crippen LogP contribution in [0.5, 0.6) is 0 Å². The van der Waals surface area contributed by atoms with Crippen molar-refractivity contribution in [1.29, 1.82) is 0 Å². The highest BCUT2D eigenvalue weighted by Gasteiger charge is 2.15. The third kappa shape index (κ3) is 4.17. The summed E-state index contributed by atoms with van der Waals surface area (Å²) in [5, 5.41) is 14.9. The molecule has 0 unspecified atom stereocenters. The Morgan fingerprint density at radius 1 is 1.18 bits per heavy atom. The molecule has 0 aliphatic carbocycles. The number of hydrogen-bond donors (Lipinski definition) is 0. The predicted molar refractivity (Wildman–Crippen MR) is 105 cm³/mol. The van der Waals surface area contributed by atoms with Crippen molar-refractivity contribution in [1.82, 2.24) is 9.78 Å². The summed E-state index contributed by atoms with van der Waals surface area (Å²) < 4.78 is 14.1. The maximum absolute atomic E-state index is 13.0. The summed E-state index contributed by atoms with van der Waals surface area (Å²) in [6.45, 7) is 0.550. The van der Waals surface area contributed by atoms with Gasteiger partial charge in [-0.2, -0.15) is 9.78 Å². The fourth-order valence-electron chi connectivity index (χ4n) is 2.66. The smallest absolute Gasteiger partial charge is 0.292 e. The average molecular weight is 403 g/mol. The molecule has 1 heterocycles. The molecular weight excluding hydrogens is 387 g/mol. The summed E-state index contributed by atoms with van der Waals surface area (Å²) in [4.78, 5) is 24.6. The van der Waals surface area contributed by atoms with Crippen LogP contribution >= 0.6 is 11.6 Å². The number of benzene rings is 2. The molecule has 0 fully saturated rings. The Kier molecular flexibility index (Phi) is 5.70. The molecule has 144 valence electrons. The summed E-state index contributed by atoms with van der Waals surface area (Å²) in [7, 11) is 1.78. The van der Waals surface area contributed by atoms with Gasteiger partial charge in [-0.1, -0.05) is 23.7 Å². The summed E-state index contributed by atoms with van der Waals surface area (Å²) in [5.74, 6) is -0.292. The minimum atomic E-state index is -0.526. The minimum absolute atomic E-state index is 0.00467. The average Bonchev–Trinajstić information content (AvgIpc) is 2.69. The van der Waals surface area contributed by atoms with E-state index in [1.165, 1.54) is 42.6 Å². The van der Waals surface area contributed by atoms with Crippen molar-refractivity contribution in [2.75, 3.05) is 18.5 Å². The molecule has 0 atom stereocenters. The van der Waals surface area contributed by atoms with Crippen LogP contribution in [-0.2, 0) is 6.42 Å². The highest BCUT2D eigenvalue weighted by atomic mass is 35.5. The van der Waals surface area contributed by atoms with E-state index in [2.05, 4.69) is 5.10 Å². The molecule has 0 N–H and O–H groups in total. The molecule has 0 bridgehead atoms. The first-order valence-corrected chi connectivity index (χ1v) is 8.73. The van der Waals surface area contributed by atoms with E-state index in [0.717, 1.165) is 10.2 Å². The molecule has 2 aromatic carbocycles. The maximum Gasteiger partial charge on any atom is 0.292 e. The second kappa shape index (κ2) is 8.18. The number of hydrogen-bond acceptors (Lipinski definition) is 5. The number of nitrogens with zero attached hydrogens (tertiary/aromatic N) is 4. The van der Waals surface area contributed by atoms with Crippen molar-refractivity contribution in [2.45, 2.75) is 6.42 Å². The third-order valence-corrected chi connectivity index (χ3v) is 4.62. The van der Waals surface area contributed by atoms with Gasteiger partial charge in [0.1, 0.15) is 10.8 Å². The third-order valence-electron chi connectivity index (χ3n) is 4.27. The van der Waals surface area contributed by atoms with Gasteiger partial charge in [0.05, 0.1) is 22.5 Å². The highest BCUT2D eigenvalue weighted by molar-refractivity contribution is 6.33. The summed E-state index contributed by atoms with van der Waals surface area (Å²) in [6.07, 6.45) is 2.11. The van der Waals surface area contributed by atoms with Crippen molar-refractivity contribution >= 4 is 23.0 Å². The SMILES string of the molecule is CN(CCc1ccc(F)cc1)c1cnn(-c2ccc([N+](=O)[O-])cc2)c(=O)c1Cl. The second-order valence-corrected chi connectivity index (χ2v) is 6.51. The Bertz CT molecular complexity index is 1050. The number of likely N-dealkylation sites (N-methyl/N-ethyl adjacent to an activating group) is 1. The fourth-order valence-corrected chi connectivity index (χ4v) is 2.93. The van der Waals surface area contributed by atoms with Crippen LogP contribution in [0.15, 0.2) is 59.5 Å². The lowest BCUT2D eigenvalue weighted by Gasteiger charge is -2.20. The van der Waals surface area contributed by atoms with Crippen molar-refractivity contribution in [3.8, 4) is 5.69 Å². The van der Waals surface area contributed by atoms with Crippen LogP contribution in [0.1, 0.15) is 5.56 Å². The first kappa shape index (κ1) is 19.5. The summed E-state index contributed by atoms with van der Waals surface area (Å²) >= 11 is 6.25. The molecule has 0 saturated carbocycles. The van der Waals surface area contributed by atoms with Gasteiger partial charge in [-0.15, -0.1) is 0 Å². The minimum Gasteiger partial charge on any atom is -0.372 e. The molecule has 28 heavy (non-hydrogen) atoms. The van der Waals surface area contributed by atoms with E-state index in [4.69, 9.17) is 11.6 Å². The zero-order valence-electron chi connectivity index (χ0n) is 14.9. The monoisotopic (exact) mass is 402 g/mol. The van der Waals surface area contributed by atoms with E-state index < -0.39 is 10.5 Å². The standard InChI is InChI=1S/C19H16ClFN4O3/c1-23(11-10-13-2-4-14(21)5-3-13)17-12-22-24(19(26)18(17)20)15-6-8-16(9-7-15)25(27)28/h2-9,12H,10-11H2,1H3. The molecule has 3 aromatic rings. The Balaban J connectivity index is 1.80. The van der Waals surface area contributed by atoms with Gasteiger partial charge in [-0.05, 0) is 36.2 Å². The van der Waals surface area contributed by atoms with E-state index in [1.54, 1.807) is 24.1 Å². The number of nitro groups is 1. The summed E-state index contributed by atoms with van der Waals surface area (Å²) in [6, 6.07) is 11.7. The Labute approximate surface area is 164 Å². The van der Waals surface area contributed by atoms with Gasteiger partial charge in [0, 0.05) is 25.7 Å². The molecule has 3 rings (SSSR count). The van der Waals surface area contributed by atoms with Gasteiger partial charge in [0.2, 0.25) is 0 Å². The molecule has 0 aliphatic heterocycles. The zero-order chi connectivity index (χ0) is 20.3. The van der Waals surface area contributed by atoms with Crippen LogP contribution in [0.3, 0.4) is 0 Å². The van der Waals surface area contributed by atoms with E-state index in [-0.39, 0.29) is 16.5 Å². The molecule has 0 amide bonds. The van der Waals surface area contributed by atoms with Crippen LogP contribution in [0.25, 0.3) is 5.69 Å². The van der Waals surface area contributed by atoms with Crippen LogP contribution in [-0.4, -0.2) is 28.3 Å². The number of anilines is 1. The number of aromatic nitrogens is 2. The predicted octanol–water partition coefficient (Wildman–Crippen LogP) is 3.61. The lowest BCUT2D eigenvalue weighted by molar-refractivity contribution is -0.384. The van der Waals surface area contributed by atoms with Crippen LogP contribution in [0, 0.1) is 15.9 Å². The van der Waals surface area contributed by atoms with E-state index in [1.807, 2.05) is 0 Å². The number of nitro benzene ring substituents is 1. The molecule has 0 spiro atoms. The lowest BCUT2D eigenvalue weighted by Crippen LogP contribution is -2.27. The van der Waals surface area contributed by atoms with Gasteiger partial charge in [0.15, 0.2) is 0 Å². The van der Waals surface area contributed by atoms with Gasteiger partial charge < -0.3 is 4.90 Å². The maximum atomic E-state index is 13.0. The topological polar surface area (TPSA) is 81.3 Å². The van der Waals surface area contributed by atoms with Gasteiger partial charge in [-0.25, -0.2) is 4.39 Å². The largest absolute Gasteiger partial charge is 0.372 e. The van der Waals surface area contributed by atoms with Gasteiger partial charge in [0.25, 0.3) is 11.2 Å². The molecule has 1 aromatic heterocycles. The van der Waals surface area contributed by atoms with E-state index in [0.29, 0.717) is 24.3 Å². The fraction of sp³-hybridized carbons (Fsp3) is 0.158. The van der Waals surface area contributed by atoms with Crippen LogP contribution < -0.4 is 10.5 Å². The second-order valence-electron chi connectivity index (χ2n) is 6.13. The van der Waals surface area contributed by atoms with E-state index in [9.17, 15) is 19.3 Å². The quantitative estimate of drug-likeness (QED) is 0.464. The van der Waals surface area contributed by atoms with E-state index >= 15 is 0 Å². The molecule has 0 saturated heterocycles. The van der Waals surface area contributed by atoms with Crippen molar-refractivity contribution in [3.05, 3.63) is 91.6 Å². The Morgan fingerprint density at radius 2 is 1.82 bits per heavy atom. The van der Waals surface area contributed by atoms with Crippen molar-refractivity contribution in [2.24, 2.45) is 0 Å². The normalized spacial score (nSPS) is 10.7. The summed E-state index contributed by atoms with van der Waals surface area (Å²) in [5.41, 5.74) is 1.18. The van der Waals surface area contributed by atoms with Crippen LogP contribution in [0.4, 0.5) is 15.8 Å². The highest BCUT2D eigenvalue weighted by Crippen LogP contribution is 2.21. The molecule has 9 heteroatoms.